The van der Waals surface area contributed by atoms with Crippen LogP contribution in [0.2, 0.25) is 0 Å². The van der Waals surface area contributed by atoms with Crippen molar-refractivity contribution in [2.24, 2.45) is 0 Å². The summed E-state index contributed by atoms with van der Waals surface area (Å²) >= 11 is 1.56. The first kappa shape index (κ1) is 11.1. The van der Waals surface area contributed by atoms with Gasteiger partial charge in [0.1, 0.15) is 0 Å². The molecule has 2 nitrogen and oxygen atoms in total. The van der Waals surface area contributed by atoms with Crippen LogP contribution in [0.4, 0.5) is 0 Å². The summed E-state index contributed by atoms with van der Waals surface area (Å²) in [4.78, 5) is 11.0. The molecule has 3 heteroatoms. The molecule has 0 amide bonds. The lowest BCUT2D eigenvalue weighted by molar-refractivity contribution is -0.138. The van der Waals surface area contributed by atoms with Gasteiger partial charge in [-0.2, -0.15) is 11.8 Å². The van der Waals surface area contributed by atoms with E-state index in [0.29, 0.717) is 5.75 Å². The normalized spacial score (nSPS) is 12.4. The minimum atomic E-state index is -0.747. The minimum absolute atomic E-state index is 0.384. The summed E-state index contributed by atoms with van der Waals surface area (Å²) in [6, 6.07) is 7.69. The van der Waals surface area contributed by atoms with Gasteiger partial charge in [0.25, 0.3) is 0 Å². The lowest BCUT2D eigenvalue weighted by Gasteiger charge is -2.11. The van der Waals surface area contributed by atoms with Crippen LogP contribution in [0.1, 0.15) is 17.0 Å². The van der Waals surface area contributed by atoms with E-state index in [1.807, 2.05) is 37.4 Å². The molecule has 0 bridgehead atoms. The Bertz CT molecular complexity index is 306. The molecule has 1 rings (SSSR count). The lowest BCUT2D eigenvalue weighted by atomic mass is 10.0. The monoisotopic (exact) mass is 210 g/mol. The minimum Gasteiger partial charge on any atom is -0.481 e. The highest BCUT2D eigenvalue weighted by Crippen LogP contribution is 2.20. The Morgan fingerprint density at radius 2 is 2.00 bits per heavy atom. The van der Waals surface area contributed by atoms with E-state index in [1.54, 1.807) is 11.8 Å². The number of thioether (sulfide) groups is 1. The number of aliphatic carboxylic acids is 1. The summed E-state index contributed by atoms with van der Waals surface area (Å²) in [5.74, 6) is -0.507. The van der Waals surface area contributed by atoms with Gasteiger partial charge in [0.15, 0.2) is 0 Å². The van der Waals surface area contributed by atoms with Crippen LogP contribution in [0.5, 0.6) is 0 Å². The third-order valence-electron chi connectivity index (χ3n) is 2.11. The second-order valence-corrected chi connectivity index (χ2v) is 4.17. The molecule has 0 saturated heterocycles. The van der Waals surface area contributed by atoms with Gasteiger partial charge in [0.05, 0.1) is 5.92 Å². The number of carboxylic acids is 1. The number of carboxylic acid groups (broad SMARTS) is 1. The number of aryl methyl sites for hydroxylation is 1. The Hall–Kier alpha value is -0.960. The summed E-state index contributed by atoms with van der Waals surface area (Å²) in [7, 11) is 0. The number of benzene rings is 1. The molecule has 1 atom stereocenters. The maximum Gasteiger partial charge on any atom is 0.311 e. The van der Waals surface area contributed by atoms with Gasteiger partial charge in [0, 0.05) is 5.75 Å². The first-order valence-corrected chi connectivity index (χ1v) is 5.83. The maximum absolute atomic E-state index is 11.0. The highest BCUT2D eigenvalue weighted by atomic mass is 32.2. The highest BCUT2D eigenvalue weighted by Gasteiger charge is 2.18. The van der Waals surface area contributed by atoms with Crippen molar-refractivity contribution in [2.45, 2.75) is 12.8 Å². The fraction of sp³-hybridized carbons (Fsp3) is 0.364. The quantitative estimate of drug-likeness (QED) is 0.829. The molecule has 0 fully saturated rings. The molecule has 0 aliphatic rings. The lowest BCUT2D eigenvalue weighted by Crippen LogP contribution is -2.13. The predicted octanol–water partition coefficient (Wildman–Crippen LogP) is 2.53. The summed E-state index contributed by atoms with van der Waals surface area (Å²) < 4.78 is 0. The van der Waals surface area contributed by atoms with Crippen LogP contribution in [0, 0.1) is 6.92 Å². The van der Waals surface area contributed by atoms with Gasteiger partial charge in [-0.15, -0.1) is 0 Å². The summed E-state index contributed by atoms with van der Waals surface area (Å²) in [6.45, 7) is 1.99. The summed E-state index contributed by atoms with van der Waals surface area (Å²) in [5, 5.41) is 9.01. The largest absolute Gasteiger partial charge is 0.481 e. The van der Waals surface area contributed by atoms with Crippen molar-refractivity contribution in [3.05, 3.63) is 35.4 Å². The SMILES string of the molecule is CSCC(C(=O)O)c1ccc(C)cc1. The van der Waals surface area contributed by atoms with Crippen LogP contribution in [-0.4, -0.2) is 23.1 Å². The molecule has 0 aliphatic carbocycles. The molecule has 1 unspecified atom stereocenters. The van der Waals surface area contributed by atoms with Crippen LogP contribution in [0.15, 0.2) is 24.3 Å². The van der Waals surface area contributed by atoms with Crippen LogP contribution < -0.4 is 0 Å². The van der Waals surface area contributed by atoms with Crippen LogP contribution in [0.3, 0.4) is 0 Å². The first-order valence-electron chi connectivity index (χ1n) is 4.43. The predicted molar refractivity (Wildman–Crippen MR) is 59.9 cm³/mol. The Balaban J connectivity index is 2.87. The first-order chi connectivity index (χ1) is 6.65. The number of rotatable bonds is 4. The van der Waals surface area contributed by atoms with E-state index in [1.165, 1.54) is 0 Å². The fourth-order valence-corrected chi connectivity index (χ4v) is 1.94. The van der Waals surface area contributed by atoms with E-state index in [9.17, 15) is 4.79 Å². The molecule has 1 N–H and O–H groups in total. The van der Waals surface area contributed by atoms with E-state index < -0.39 is 5.97 Å². The highest BCUT2D eigenvalue weighted by molar-refractivity contribution is 7.98. The van der Waals surface area contributed by atoms with Crippen molar-refractivity contribution in [3.63, 3.8) is 0 Å². The molecule has 14 heavy (non-hydrogen) atoms. The molecule has 1 aromatic carbocycles. The smallest absolute Gasteiger partial charge is 0.311 e. The Labute approximate surface area is 88.3 Å². The van der Waals surface area contributed by atoms with Crippen LogP contribution >= 0.6 is 11.8 Å². The number of carbonyl (C=O) groups is 1. The van der Waals surface area contributed by atoms with Crippen molar-refractivity contribution in [1.29, 1.82) is 0 Å². The van der Waals surface area contributed by atoms with E-state index in [0.717, 1.165) is 11.1 Å². The van der Waals surface area contributed by atoms with E-state index in [2.05, 4.69) is 0 Å². The second-order valence-electron chi connectivity index (χ2n) is 3.26. The third-order valence-corrected chi connectivity index (χ3v) is 2.78. The zero-order valence-corrected chi connectivity index (χ0v) is 9.17. The molecule has 0 heterocycles. The van der Waals surface area contributed by atoms with E-state index in [-0.39, 0.29) is 5.92 Å². The molecule has 1 aromatic rings. The molecule has 76 valence electrons. The summed E-state index contributed by atoms with van der Waals surface area (Å²) in [5.41, 5.74) is 2.04. The summed E-state index contributed by atoms with van der Waals surface area (Å²) in [6.07, 6.45) is 1.92. The van der Waals surface area contributed by atoms with E-state index in [4.69, 9.17) is 5.11 Å². The van der Waals surface area contributed by atoms with Crippen molar-refractivity contribution in [1.82, 2.24) is 0 Å². The van der Waals surface area contributed by atoms with Gasteiger partial charge in [-0.1, -0.05) is 29.8 Å². The van der Waals surface area contributed by atoms with Crippen LogP contribution in [-0.2, 0) is 4.79 Å². The van der Waals surface area contributed by atoms with Crippen molar-refractivity contribution in [2.75, 3.05) is 12.0 Å². The van der Waals surface area contributed by atoms with E-state index >= 15 is 0 Å². The standard InChI is InChI=1S/C11H14O2S/c1-8-3-5-9(6-4-8)10(7-14-2)11(12)13/h3-6,10H,7H2,1-2H3,(H,12,13). The van der Waals surface area contributed by atoms with Gasteiger partial charge in [0.2, 0.25) is 0 Å². The zero-order chi connectivity index (χ0) is 10.6. The average molecular weight is 210 g/mol. The van der Waals surface area contributed by atoms with Gasteiger partial charge in [-0.05, 0) is 18.7 Å². The van der Waals surface area contributed by atoms with Crippen molar-refractivity contribution in [3.8, 4) is 0 Å². The molecule has 0 spiro atoms. The van der Waals surface area contributed by atoms with Gasteiger partial charge >= 0.3 is 5.97 Å². The topological polar surface area (TPSA) is 37.3 Å². The Morgan fingerprint density at radius 1 is 1.43 bits per heavy atom. The van der Waals surface area contributed by atoms with Gasteiger partial charge in [-0.3, -0.25) is 4.79 Å². The van der Waals surface area contributed by atoms with Crippen molar-refractivity contribution < 1.29 is 9.90 Å². The van der Waals surface area contributed by atoms with Gasteiger partial charge < -0.3 is 5.11 Å². The number of hydrogen-bond donors (Lipinski definition) is 1. The molecule has 0 aromatic heterocycles. The second kappa shape index (κ2) is 5.05. The molecule has 0 aliphatic heterocycles. The molecule has 0 radical (unpaired) electrons. The average Bonchev–Trinajstić information content (AvgIpc) is 2.15. The third kappa shape index (κ3) is 2.77. The van der Waals surface area contributed by atoms with Gasteiger partial charge in [-0.25, -0.2) is 0 Å². The molecule has 0 saturated carbocycles. The van der Waals surface area contributed by atoms with Crippen molar-refractivity contribution >= 4 is 17.7 Å². The maximum atomic E-state index is 11.0. The Morgan fingerprint density at radius 3 is 2.43 bits per heavy atom. The Kier molecular flexibility index (Phi) is 4.01. The zero-order valence-electron chi connectivity index (χ0n) is 8.36. The van der Waals surface area contributed by atoms with Crippen LogP contribution in [0.25, 0.3) is 0 Å². The fourth-order valence-electron chi connectivity index (χ4n) is 1.28. The molecular weight excluding hydrogens is 196 g/mol. The number of hydrogen-bond acceptors (Lipinski definition) is 2. The molecular formula is C11H14O2S.